The molecule has 0 saturated carbocycles. The maximum absolute atomic E-state index is 14.6. The minimum Gasteiger partial charge on any atom is -0.493 e. The van der Waals surface area contributed by atoms with Crippen LogP contribution in [0.2, 0.25) is 0 Å². The van der Waals surface area contributed by atoms with Gasteiger partial charge in [-0.25, -0.2) is 4.98 Å². The number of hydrogen-bond acceptors (Lipinski definition) is 3. The molecule has 0 N–H and O–H groups in total. The van der Waals surface area contributed by atoms with Crippen molar-refractivity contribution in [2.75, 3.05) is 19.7 Å². The van der Waals surface area contributed by atoms with E-state index in [-0.39, 0.29) is 17.5 Å². The minimum atomic E-state index is -0.603. The fourth-order valence-electron chi connectivity index (χ4n) is 3.56. The van der Waals surface area contributed by atoms with Gasteiger partial charge in [-0.1, -0.05) is 18.2 Å². The van der Waals surface area contributed by atoms with E-state index < -0.39 is 5.95 Å². The van der Waals surface area contributed by atoms with Gasteiger partial charge in [-0.05, 0) is 49.6 Å². The van der Waals surface area contributed by atoms with Crippen LogP contribution < -0.4 is 4.74 Å². The lowest BCUT2D eigenvalue weighted by Gasteiger charge is -2.32. The Morgan fingerprint density at radius 3 is 3.00 bits per heavy atom. The molecule has 0 radical (unpaired) electrons. The summed E-state index contributed by atoms with van der Waals surface area (Å²) in [5, 5.41) is 0. The number of benzene rings is 1. The molecule has 1 aliphatic heterocycles. The average Bonchev–Trinajstić information content (AvgIpc) is 3.03. The Bertz CT molecular complexity index is 969. The molecule has 1 aliphatic rings. The van der Waals surface area contributed by atoms with Gasteiger partial charge in [0.15, 0.2) is 5.69 Å². The first kappa shape index (κ1) is 17.5. The summed E-state index contributed by atoms with van der Waals surface area (Å²) in [5.74, 6) is 0.110. The van der Waals surface area contributed by atoms with E-state index in [1.54, 1.807) is 29.3 Å². The molecule has 140 valence electrons. The highest BCUT2D eigenvalue weighted by Gasteiger charge is 2.29. The first-order chi connectivity index (χ1) is 13.1. The predicted molar refractivity (Wildman–Crippen MR) is 100 cm³/mol. The van der Waals surface area contributed by atoms with Crippen molar-refractivity contribution in [2.24, 2.45) is 5.92 Å². The lowest BCUT2D eigenvalue weighted by molar-refractivity contribution is 0.0623. The van der Waals surface area contributed by atoms with Crippen molar-refractivity contribution in [3.63, 3.8) is 0 Å². The van der Waals surface area contributed by atoms with E-state index >= 15 is 0 Å². The molecule has 4 rings (SSSR count). The topological polar surface area (TPSA) is 46.8 Å². The minimum absolute atomic E-state index is 0.110. The summed E-state index contributed by atoms with van der Waals surface area (Å²) in [6.07, 6.45) is 3.44. The van der Waals surface area contributed by atoms with Gasteiger partial charge < -0.3 is 9.64 Å². The summed E-state index contributed by atoms with van der Waals surface area (Å²) in [7, 11) is 0. The zero-order valence-electron chi connectivity index (χ0n) is 15.3. The van der Waals surface area contributed by atoms with Crippen molar-refractivity contribution < 1.29 is 13.9 Å². The number of nitrogens with zero attached hydrogens (tertiary/aromatic N) is 3. The Kier molecular flexibility index (Phi) is 4.79. The van der Waals surface area contributed by atoms with Gasteiger partial charge in [0, 0.05) is 25.2 Å². The fourth-order valence-corrected chi connectivity index (χ4v) is 3.56. The third kappa shape index (κ3) is 3.65. The van der Waals surface area contributed by atoms with Gasteiger partial charge in [0.2, 0.25) is 5.95 Å². The van der Waals surface area contributed by atoms with Crippen molar-refractivity contribution in [1.29, 1.82) is 0 Å². The van der Waals surface area contributed by atoms with Gasteiger partial charge in [0.1, 0.15) is 11.4 Å². The lowest BCUT2D eigenvalue weighted by Crippen LogP contribution is -2.42. The maximum Gasteiger partial charge on any atom is 0.277 e. The van der Waals surface area contributed by atoms with Gasteiger partial charge in [-0.3, -0.25) is 9.20 Å². The monoisotopic (exact) mass is 367 g/mol. The molecule has 1 saturated heterocycles. The molecule has 0 bridgehead atoms. The molecule has 0 unspecified atom stereocenters. The zero-order valence-corrected chi connectivity index (χ0v) is 15.3. The number of halogens is 1. The number of piperidine rings is 1. The zero-order chi connectivity index (χ0) is 18.8. The number of fused-ring (bicyclic) bond motifs is 1. The van der Waals surface area contributed by atoms with E-state index in [9.17, 15) is 9.18 Å². The Labute approximate surface area is 157 Å². The number of imidazole rings is 1. The molecule has 0 spiro atoms. The van der Waals surface area contributed by atoms with Crippen molar-refractivity contribution in [3.05, 3.63) is 65.9 Å². The Morgan fingerprint density at radius 2 is 2.19 bits per heavy atom. The van der Waals surface area contributed by atoms with Crippen LogP contribution in [0.4, 0.5) is 4.39 Å². The number of aromatic nitrogens is 2. The van der Waals surface area contributed by atoms with Crippen LogP contribution in [-0.4, -0.2) is 39.9 Å². The second-order valence-corrected chi connectivity index (χ2v) is 7.07. The number of carbonyl (C=O) groups excluding carboxylic acids is 1. The third-order valence-electron chi connectivity index (χ3n) is 4.96. The van der Waals surface area contributed by atoms with Crippen LogP contribution in [0, 0.1) is 18.8 Å². The summed E-state index contributed by atoms with van der Waals surface area (Å²) in [5.41, 5.74) is 1.48. The average molecular weight is 367 g/mol. The number of hydrogen-bond donors (Lipinski definition) is 0. The quantitative estimate of drug-likeness (QED) is 0.706. The van der Waals surface area contributed by atoms with Crippen LogP contribution in [0.1, 0.15) is 28.9 Å². The van der Waals surface area contributed by atoms with E-state index in [4.69, 9.17) is 4.74 Å². The predicted octanol–water partition coefficient (Wildman–Crippen LogP) is 3.71. The largest absolute Gasteiger partial charge is 0.493 e. The number of amides is 1. The highest BCUT2D eigenvalue weighted by molar-refractivity contribution is 5.93. The van der Waals surface area contributed by atoms with Crippen LogP contribution in [0.5, 0.6) is 5.75 Å². The molecule has 3 heterocycles. The second kappa shape index (κ2) is 7.39. The van der Waals surface area contributed by atoms with Gasteiger partial charge in [0.25, 0.3) is 5.91 Å². The first-order valence-electron chi connectivity index (χ1n) is 9.23. The van der Waals surface area contributed by atoms with Crippen LogP contribution in [0.25, 0.3) is 5.65 Å². The molecule has 1 amide bonds. The van der Waals surface area contributed by atoms with Gasteiger partial charge in [-0.2, -0.15) is 4.39 Å². The van der Waals surface area contributed by atoms with Crippen molar-refractivity contribution in [1.82, 2.24) is 14.3 Å². The smallest absolute Gasteiger partial charge is 0.277 e. The molecule has 1 atom stereocenters. The molecule has 0 aliphatic carbocycles. The van der Waals surface area contributed by atoms with Gasteiger partial charge >= 0.3 is 0 Å². The molecule has 1 aromatic carbocycles. The van der Waals surface area contributed by atoms with Crippen LogP contribution in [-0.2, 0) is 0 Å². The molecule has 6 heteroatoms. The molecular weight excluding hydrogens is 345 g/mol. The number of rotatable bonds is 4. The standard InChI is InChI=1S/C21H22FN3O2/c1-15-6-4-8-17(12-15)27-14-16-7-5-10-24(13-16)21(26)19-20(22)25-11-3-2-9-18(25)23-19/h2-4,6,8-9,11-12,16H,5,7,10,13-14H2,1H3/t16-/m0/s1. The molecule has 1 fully saturated rings. The Morgan fingerprint density at radius 1 is 1.30 bits per heavy atom. The van der Waals surface area contributed by atoms with E-state index in [1.165, 1.54) is 4.40 Å². The highest BCUT2D eigenvalue weighted by Crippen LogP contribution is 2.22. The van der Waals surface area contributed by atoms with Crippen molar-refractivity contribution in [2.45, 2.75) is 19.8 Å². The van der Waals surface area contributed by atoms with E-state index in [0.29, 0.717) is 25.3 Å². The summed E-state index contributed by atoms with van der Waals surface area (Å²) in [6, 6.07) is 13.1. The molecule has 2 aromatic heterocycles. The van der Waals surface area contributed by atoms with Gasteiger partial charge in [-0.15, -0.1) is 0 Å². The number of likely N-dealkylation sites (tertiary alicyclic amines) is 1. The number of pyridine rings is 1. The van der Waals surface area contributed by atoms with Crippen LogP contribution in [0.3, 0.4) is 0 Å². The normalized spacial score (nSPS) is 17.3. The van der Waals surface area contributed by atoms with E-state index in [1.807, 2.05) is 31.2 Å². The Balaban J connectivity index is 1.44. The summed E-state index contributed by atoms with van der Waals surface area (Å²) >= 11 is 0. The van der Waals surface area contributed by atoms with E-state index in [0.717, 1.165) is 24.2 Å². The van der Waals surface area contributed by atoms with Crippen molar-refractivity contribution >= 4 is 11.6 Å². The fraction of sp³-hybridized carbons (Fsp3) is 0.333. The van der Waals surface area contributed by atoms with Gasteiger partial charge in [0.05, 0.1) is 6.61 Å². The van der Waals surface area contributed by atoms with Crippen molar-refractivity contribution in [3.8, 4) is 5.75 Å². The van der Waals surface area contributed by atoms with Crippen LogP contribution in [0.15, 0.2) is 48.7 Å². The maximum atomic E-state index is 14.6. The molecule has 27 heavy (non-hydrogen) atoms. The number of ether oxygens (including phenoxy) is 1. The highest BCUT2D eigenvalue weighted by atomic mass is 19.1. The Hall–Kier alpha value is -2.89. The van der Waals surface area contributed by atoms with Crippen LogP contribution >= 0.6 is 0 Å². The van der Waals surface area contributed by atoms with E-state index in [2.05, 4.69) is 4.98 Å². The molecule has 5 nitrogen and oxygen atoms in total. The number of aryl methyl sites for hydroxylation is 1. The number of carbonyl (C=O) groups is 1. The summed E-state index contributed by atoms with van der Waals surface area (Å²) < 4.78 is 21.8. The summed E-state index contributed by atoms with van der Waals surface area (Å²) in [4.78, 5) is 18.7. The second-order valence-electron chi connectivity index (χ2n) is 7.07. The molecular formula is C21H22FN3O2. The SMILES string of the molecule is Cc1cccc(OC[C@H]2CCCN(C(=O)c3nc4ccccn4c3F)C2)c1. The molecule has 3 aromatic rings. The lowest BCUT2D eigenvalue weighted by atomic mass is 9.98. The summed E-state index contributed by atoms with van der Waals surface area (Å²) in [6.45, 7) is 3.74. The first-order valence-corrected chi connectivity index (χ1v) is 9.23. The third-order valence-corrected chi connectivity index (χ3v) is 4.96.